The number of aliphatic carboxylic acids is 1. The number of carbonyl (C=O) groups is 2. The average Bonchev–Trinajstić information content (AvgIpc) is 2.83. The lowest BCUT2D eigenvalue weighted by molar-refractivity contribution is -0.164. The molecule has 0 aromatic heterocycles. The number of nitrogens with two attached hydrogens (primary N) is 1. The molecule has 78 valence electrons. The van der Waals surface area contributed by atoms with Crippen molar-refractivity contribution < 1.29 is 19.4 Å². The summed E-state index contributed by atoms with van der Waals surface area (Å²) in [5.74, 6) is -1.87. The summed E-state index contributed by atoms with van der Waals surface area (Å²) >= 11 is 0. The second-order valence-electron chi connectivity index (χ2n) is 3.36. The van der Waals surface area contributed by atoms with E-state index in [2.05, 4.69) is 6.58 Å². The van der Waals surface area contributed by atoms with E-state index in [0.717, 1.165) is 0 Å². The summed E-state index contributed by atoms with van der Waals surface area (Å²) in [6.07, 6.45) is 1.71. The Morgan fingerprint density at radius 3 is 2.57 bits per heavy atom. The van der Waals surface area contributed by atoms with E-state index in [1.807, 2.05) is 0 Å². The highest BCUT2D eigenvalue weighted by Gasteiger charge is 2.58. The quantitative estimate of drug-likeness (QED) is 0.287. The van der Waals surface area contributed by atoms with Crippen LogP contribution < -0.4 is 5.73 Å². The van der Waals surface area contributed by atoms with Gasteiger partial charge in [-0.3, -0.25) is 15.3 Å². The molecule has 1 saturated carbocycles. The van der Waals surface area contributed by atoms with E-state index in [1.54, 1.807) is 0 Å². The van der Waals surface area contributed by atoms with Gasteiger partial charge in [0.1, 0.15) is 0 Å². The summed E-state index contributed by atoms with van der Waals surface area (Å²) in [5, 5.41) is 8.76. The molecule has 0 aliphatic heterocycles. The van der Waals surface area contributed by atoms with Gasteiger partial charge in [0.05, 0.1) is 0 Å². The topological polar surface area (TPSA) is 89.6 Å². The first-order valence-corrected chi connectivity index (χ1v) is 4.34. The lowest BCUT2D eigenvalue weighted by atomic mass is 10.1. The van der Waals surface area contributed by atoms with Crippen molar-refractivity contribution >= 4 is 11.9 Å². The molecule has 0 saturated heterocycles. The van der Waals surface area contributed by atoms with E-state index in [1.165, 1.54) is 6.08 Å². The van der Waals surface area contributed by atoms with Gasteiger partial charge >= 0.3 is 11.9 Å². The summed E-state index contributed by atoms with van der Waals surface area (Å²) in [7, 11) is 0. The molecule has 0 radical (unpaired) electrons. The monoisotopic (exact) mass is 199 g/mol. The largest absolute Gasteiger partial charge is 0.480 e. The lowest BCUT2D eigenvalue weighted by Gasteiger charge is -2.14. The van der Waals surface area contributed by atoms with Crippen molar-refractivity contribution in [1.29, 1.82) is 0 Å². The van der Waals surface area contributed by atoms with Gasteiger partial charge in [-0.25, -0.2) is 0 Å². The number of carboxylic acid groups (broad SMARTS) is 1. The van der Waals surface area contributed by atoms with Gasteiger partial charge in [0.15, 0.2) is 11.6 Å². The molecule has 1 fully saturated rings. The number of carbonyl (C=O) groups excluding carboxylic acids is 1. The van der Waals surface area contributed by atoms with Gasteiger partial charge in [0.25, 0.3) is 0 Å². The molecule has 1 unspecified atom stereocenters. The number of ether oxygens (including phenoxy) is 1. The Morgan fingerprint density at radius 1 is 1.64 bits per heavy atom. The van der Waals surface area contributed by atoms with Gasteiger partial charge in [0.2, 0.25) is 0 Å². The standard InChI is InChI=1S/C9H13NO4/c1-2-3-6(10)14-8(13)9(4-5-9)7(11)12/h2,6H,1,3-5,10H2,(H,11,12). The Morgan fingerprint density at radius 2 is 2.21 bits per heavy atom. The maximum Gasteiger partial charge on any atom is 0.325 e. The van der Waals surface area contributed by atoms with Crippen LogP contribution in [0.3, 0.4) is 0 Å². The molecule has 5 heteroatoms. The van der Waals surface area contributed by atoms with Gasteiger partial charge in [-0.05, 0) is 12.8 Å². The highest BCUT2D eigenvalue weighted by atomic mass is 16.6. The van der Waals surface area contributed by atoms with Gasteiger partial charge in [-0.1, -0.05) is 6.08 Å². The van der Waals surface area contributed by atoms with Crippen LogP contribution in [0.4, 0.5) is 0 Å². The maximum atomic E-state index is 11.3. The minimum atomic E-state index is -1.32. The third-order valence-electron chi connectivity index (χ3n) is 2.21. The van der Waals surface area contributed by atoms with Crippen LogP contribution in [-0.4, -0.2) is 23.3 Å². The molecule has 1 rings (SSSR count). The predicted molar refractivity (Wildman–Crippen MR) is 48.2 cm³/mol. The van der Waals surface area contributed by atoms with Crippen LogP contribution in [0, 0.1) is 5.41 Å². The first kappa shape index (κ1) is 10.7. The van der Waals surface area contributed by atoms with Crippen molar-refractivity contribution in [3.8, 4) is 0 Å². The molecule has 0 amide bonds. The van der Waals surface area contributed by atoms with Crippen LogP contribution in [0.1, 0.15) is 19.3 Å². The number of hydrogen-bond donors (Lipinski definition) is 2. The zero-order valence-electron chi connectivity index (χ0n) is 7.73. The van der Waals surface area contributed by atoms with E-state index in [9.17, 15) is 9.59 Å². The zero-order chi connectivity index (χ0) is 10.8. The van der Waals surface area contributed by atoms with E-state index < -0.39 is 23.6 Å². The third-order valence-corrected chi connectivity index (χ3v) is 2.21. The number of hydrogen-bond acceptors (Lipinski definition) is 4. The molecular weight excluding hydrogens is 186 g/mol. The first-order chi connectivity index (χ1) is 6.53. The second kappa shape index (κ2) is 3.79. The van der Waals surface area contributed by atoms with Crippen molar-refractivity contribution in [2.24, 2.45) is 11.1 Å². The number of esters is 1. The molecule has 14 heavy (non-hydrogen) atoms. The Balaban J connectivity index is 2.50. The summed E-state index contributed by atoms with van der Waals surface area (Å²) in [5.41, 5.74) is 4.08. The summed E-state index contributed by atoms with van der Waals surface area (Å²) in [6, 6.07) is 0. The third kappa shape index (κ3) is 1.93. The molecule has 3 N–H and O–H groups in total. The maximum absolute atomic E-state index is 11.3. The van der Waals surface area contributed by atoms with Gasteiger partial charge < -0.3 is 9.84 Å². The summed E-state index contributed by atoms with van der Waals surface area (Å²) in [6.45, 7) is 3.43. The zero-order valence-corrected chi connectivity index (χ0v) is 7.73. The fourth-order valence-electron chi connectivity index (χ4n) is 1.09. The van der Waals surface area contributed by atoms with Crippen LogP contribution in [0.2, 0.25) is 0 Å². The van der Waals surface area contributed by atoms with Crippen molar-refractivity contribution in [2.45, 2.75) is 25.5 Å². The van der Waals surface area contributed by atoms with Crippen LogP contribution in [0.5, 0.6) is 0 Å². The number of carboxylic acids is 1. The van der Waals surface area contributed by atoms with Crippen molar-refractivity contribution in [3.05, 3.63) is 12.7 Å². The molecule has 0 aromatic rings. The van der Waals surface area contributed by atoms with Crippen molar-refractivity contribution in [1.82, 2.24) is 0 Å². The Kier molecular flexibility index (Phi) is 2.90. The summed E-state index contributed by atoms with van der Waals surface area (Å²) in [4.78, 5) is 22.0. The first-order valence-electron chi connectivity index (χ1n) is 4.34. The number of rotatable bonds is 5. The summed E-state index contributed by atoms with van der Waals surface area (Å²) < 4.78 is 4.77. The van der Waals surface area contributed by atoms with Crippen LogP contribution in [-0.2, 0) is 14.3 Å². The fraction of sp³-hybridized carbons (Fsp3) is 0.556. The van der Waals surface area contributed by atoms with Gasteiger partial charge in [-0.15, -0.1) is 6.58 Å². The van der Waals surface area contributed by atoms with Crippen LogP contribution >= 0.6 is 0 Å². The van der Waals surface area contributed by atoms with Crippen LogP contribution in [0.15, 0.2) is 12.7 Å². The molecule has 0 bridgehead atoms. The molecule has 1 atom stereocenters. The normalized spacial score (nSPS) is 19.5. The second-order valence-corrected chi connectivity index (χ2v) is 3.36. The Bertz CT molecular complexity index is 270. The molecule has 0 aromatic carbocycles. The van der Waals surface area contributed by atoms with E-state index in [-0.39, 0.29) is 0 Å². The Labute approximate surface area is 81.5 Å². The smallest absolute Gasteiger partial charge is 0.325 e. The molecule has 5 nitrogen and oxygen atoms in total. The minimum Gasteiger partial charge on any atom is -0.480 e. The SMILES string of the molecule is C=CCC(N)OC(=O)C1(C(=O)O)CC1. The molecule has 1 aliphatic rings. The van der Waals surface area contributed by atoms with Gasteiger partial charge in [-0.2, -0.15) is 0 Å². The van der Waals surface area contributed by atoms with Crippen LogP contribution in [0.25, 0.3) is 0 Å². The van der Waals surface area contributed by atoms with Crippen molar-refractivity contribution in [2.75, 3.05) is 0 Å². The average molecular weight is 199 g/mol. The Hall–Kier alpha value is -1.36. The molecule has 0 heterocycles. The van der Waals surface area contributed by atoms with E-state index >= 15 is 0 Å². The van der Waals surface area contributed by atoms with Crippen molar-refractivity contribution in [3.63, 3.8) is 0 Å². The van der Waals surface area contributed by atoms with E-state index in [0.29, 0.717) is 19.3 Å². The highest BCUT2D eigenvalue weighted by molar-refractivity contribution is 6.02. The van der Waals surface area contributed by atoms with E-state index in [4.69, 9.17) is 15.6 Å². The minimum absolute atomic E-state index is 0.321. The highest BCUT2D eigenvalue weighted by Crippen LogP contribution is 2.47. The fourth-order valence-corrected chi connectivity index (χ4v) is 1.09. The van der Waals surface area contributed by atoms with Gasteiger partial charge in [0, 0.05) is 6.42 Å². The molecular formula is C9H13NO4. The molecule has 1 aliphatic carbocycles. The lowest BCUT2D eigenvalue weighted by Crippen LogP contribution is -2.34. The predicted octanol–water partition coefficient (Wildman–Crippen LogP) is 0.255. The molecule has 0 spiro atoms.